The molecule has 1 unspecified atom stereocenters. The molecule has 0 bridgehead atoms. The van der Waals surface area contributed by atoms with Gasteiger partial charge in [-0.3, -0.25) is 4.79 Å². The molecular formula is C11H15ClO2S. The molecule has 1 aromatic heterocycles. The highest BCUT2D eigenvalue weighted by atomic mass is 35.5. The van der Waals surface area contributed by atoms with Crippen LogP contribution in [0, 0.1) is 0 Å². The van der Waals surface area contributed by atoms with Crippen LogP contribution in [0.15, 0.2) is 12.1 Å². The summed E-state index contributed by atoms with van der Waals surface area (Å²) in [5.41, 5.74) is -0.670. The van der Waals surface area contributed by atoms with Crippen molar-refractivity contribution in [1.82, 2.24) is 0 Å². The van der Waals surface area contributed by atoms with Gasteiger partial charge in [0.15, 0.2) is 5.78 Å². The summed E-state index contributed by atoms with van der Waals surface area (Å²) >= 11 is 7.24. The first-order valence-corrected chi connectivity index (χ1v) is 6.04. The molecule has 0 amide bonds. The highest BCUT2D eigenvalue weighted by Gasteiger charge is 2.30. The van der Waals surface area contributed by atoms with Crippen molar-refractivity contribution in [3.05, 3.63) is 21.3 Å². The molecule has 1 rings (SSSR count). The van der Waals surface area contributed by atoms with Crippen molar-refractivity contribution in [2.45, 2.75) is 32.3 Å². The summed E-state index contributed by atoms with van der Waals surface area (Å²) < 4.78 is 5.97. The van der Waals surface area contributed by atoms with Gasteiger partial charge in [-0.1, -0.05) is 18.5 Å². The van der Waals surface area contributed by atoms with E-state index in [1.165, 1.54) is 11.3 Å². The van der Waals surface area contributed by atoms with Crippen LogP contribution in [0.5, 0.6) is 0 Å². The summed E-state index contributed by atoms with van der Waals surface area (Å²) in [6, 6.07) is 3.70. The zero-order valence-corrected chi connectivity index (χ0v) is 10.7. The van der Waals surface area contributed by atoms with Gasteiger partial charge in [0.05, 0.1) is 4.34 Å². The largest absolute Gasteiger partial charge is 0.371 e. The fraction of sp³-hybridized carbons (Fsp3) is 0.545. The minimum atomic E-state index is -0.670. The third-order valence-electron chi connectivity index (χ3n) is 2.68. The number of ketones is 1. The Morgan fingerprint density at radius 1 is 1.60 bits per heavy atom. The van der Waals surface area contributed by atoms with Crippen LogP contribution in [0.2, 0.25) is 4.34 Å². The first kappa shape index (κ1) is 12.7. The Morgan fingerprint density at radius 2 is 2.27 bits per heavy atom. The molecule has 0 N–H and O–H groups in total. The van der Waals surface area contributed by atoms with Crippen LogP contribution >= 0.6 is 22.9 Å². The van der Waals surface area contributed by atoms with E-state index in [9.17, 15) is 4.79 Å². The minimum Gasteiger partial charge on any atom is -0.371 e. The molecule has 0 saturated carbocycles. The molecular weight excluding hydrogens is 232 g/mol. The zero-order chi connectivity index (χ0) is 11.5. The summed E-state index contributed by atoms with van der Waals surface area (Å²) in [4.78, 5) is 12.9. The van der Waals surface area contributed by atoms with E-state index in [-0.39, 0.29) is 5.78 Å². The first-order chi connectivity index (χ1) is 7.01. The molecule has 0 aliphatic rings. The van der Waals surface area contributed by atoms with Gasteiger partial charge in [0, 0.05) is 18.4 Å². The number of ether oxygens (including phenoxy) is 1. The lowest BCUT2D eigenvalue weighted by Crippen LogP contribution is -2.37. The van der Waals surface area contributed by atoms with Crippen LogP contribution in [0.4, 0.5) is 0 Å². The molecule has 4 heteroatoms. The van der Waals surface area contributed by atoms with Gasteiger partial charge in [-0.2, -0.15) is 0 Å². The number of thiophene rings is 1. The second-order valence-electron chi connectivity index (χ2n) is 3.59. The smallest absolute Gasteiger partial charge is 0.169 e. The standard InChI is InChI=1S/C11H15ClO2S/c1-4-11(2,14-3)9(13)7-8-5-6-10(12)15-8/h5-6H,4,7H2,1-3H3. The summed E-state index contributed by atoms with van der Waals surface area (Å²) in [5.74, 6) is 0.103. The van der Waals surface area contributed by atoms with E-state index >= 15 is 0 Å². The Bertz CT molecular complexity index is 342. The van der Waals surface area contributed by atoms with Gasteiger partial charge in [0.1, 0.15) is 5.60 Å². The maximum Gasteiger partial charge on any atom is 0.169 e. The third kappa shape index (κ3) is 3.03. The van der Waals surface area contributed by atoms with E-state index in [4.69, 9.17) is 16.3 Å². The topological polar surface area (TPSA) is 26.3 Å². The van der Waals surface area contributed by atoms with Gasteiger partial charge >= 0.3 is 0 Å². The molecule has 0 saturated heterocycles. The number of halogens is 1. The van der Waals surface area contributed by atoms with Crippen molar-refractivity contribution in [3.63, 3.8) is 0 Å². The van der Waals surface area contributed by atoms with E-state index < -0.39 is 5.60 Å². The lowest BCUT2D eigenvalue weighted by atomic mass is 9.95. The van der Waals surface area contributed by atoms with Gasteiger partial charge in [0.2, 0.25) is 0 Å². The molecule has 0 spiro atoms. The summed E-state index contributed by atoms with van der Waals surface area (Å²) in [6.07, 6.45) is 1.08. The molecule has 0 fully saturated rings. The third-order valence-corrected chi connectivity index (χ3v) is 3.91. The fourth-order valence-corrected chi connectivity index (χ4v) is 2.33. The monoisotopic (exact) mass is 246 g/mol. The second-order valence-corrected chi connectivity index (χ2v) is 5.39. The SMILES string of the molecule is CCC(C)(OC)C(=O)Cc1ccc(Cl)s1. The van der Waals surface area contributed by atoms with E-state index in [1.54, 1.807) is 7.11 Å². The maximum absolute atomic E-state index is 11.9. The summed E-state index contributed by atoms with van der Waals surface area (Å²) in [5, 5.41) is 0. The Morgan fingerprint density at radius 3 is 2.67 bits per heavy atom. The van der Waals surface area contributed by atoms with Gasteiger partial charge in [-0.15, -0.1) is 11.3 Å². The number of Topliss-reactive ketones (excluding diaryl/α,β-unsaturated/α-hetero) is 1. The molecule has 1 aromatic rings. The Labute approximate surface area is 99.2 Å². The number of methoxy groups -OCH3 is 1. The normalized spacial score (nSPS) is 14.9. The van der Waals surface area contributed by atoms with E-state index in [0.29, 0.717) is 17.2 Å². The van der Waals surface area contributed by atoms with Gasteiger partial charge in [-0.25, -0.2) is 0 Å². The molecule has 1 atom stereocenters. The highest BCUT2D eigenvalue weighted by molar-refractivity contribution is 7.16. The van der Waals surface area contributed by atoms with Crippen molar-refractivity contribution < 1.29 is 9.53 Å². The molecule has 0 aliphatic carbocycles. The number of hydrogen-bond donors (Lipinski definition) is 0. The van der Waals surface area contributed by atoms with Crippen molar-refractivity contribution in [2.75, 3.05) is 7.11 Å². The predicted octanol–water partition coefficient (Wildman–Crippen LogP) is 3.33. The van der Waals surface area contributed by atoms with Gasteiger partial charge in [-0.05, 0) is 25.5 Å². The number of carbonyl (C=O) groups is 1. The van der Waals surface area contributed by atoms with Crippen LogP contribution in [-0.2, 0) is 16.0 Å². The van der Waals surface area contributed by atoms with Crippen LogP contribution < -0.4 is 0 Å². The average Bonchev–Trinajstić information content (AvgIpc) is 2.62. The van der Waals surface area contributed by atoms with E-state index in [0.717, 1.165) is 4.88 Å². The average molecular weight is 247 g/mol. The van der Waals surface area contributed by atoms with Crippen molar-refractivity contribution in [3.8, 4) is 0 Å². The molecule has 84 valence electrons. The molecule has 2 nitrogen and oxygen atoms in total. The first-order valence-electron chi connectivity index (χ1n) is 4.84. The fourth-order valence-electron chi connectivity index (χ4n) is 1.25. The van der Waals surface area contributed by atoms with Crippen LogP contribution in [0.1, 0.15) is 25.1 Å². The quantitative estimate of drug-likeness (QED) is 0.797. The maximum atomic E-state index is 11.9. The van der Waals surface area contributed by atoms with E-state index in [1.807, 2.05) is 26.0 Å². The number of hydrogen-bond acceptors (Lipinski definition) is 3. The molecule has 15 heavy (non-hydrogen) atoms. The molecule has 0 aromatic carbocycles. The summed E-state index contributed by atoms with van der Waals surface area (Å²) in [7, 11) is 1.57. The Kier molecular flexibility index (Phi) is 4.32. The van der Waals surface area contributed by atoms with Gasteiger partial charge < -0.3 is 4.74 Å². The Balaban J connectivity index is 2.70. The second kappa shape index (κ2) is 5.10. The summed E-state index contributed by atoms with van der Waals surface area (Å²) in [6.45, 7) is 3.77. The number of carbonyl (C=O) groups excluding carboxylic acids is 1. The number of rotatable bonds is 5. The van der Waals surface area contributed by atoms with Crippen LogP contribution in [0.25, 0.3) is 0 Å². The molecule has 0 aliphatic heterocycles. The minimum absolute atomic E-state index is 0.103. The van der Waals surface area contributed by atoms with Gasteiger partial charge in [0.25, 0.3) is 0 Å². The van der Waals surface area contributed by atoms with E-state index in [2.05, 4.69) is 0 Å². The lowest BCUT2D eigenvalue weighted by Gasteiger charge is -2.24. The van der Waals surface area contributed by atoms with Crippen LogP contribution in [-0.4, -0.2) is 18.5 Å². The lowest BCUT2D eigenvalue weighted by molar-refractivity contribution is -0.138. The van der Waals surface area contributed by atoms with Crippen molar-refractivity contribution in [2.24, 2.45) is 0 Å². The Hall–Kier alpha value is -0.380. The van der Waals surface area contributed by atoms with Crippen LogP contribution in [0.3, 0.4) is 0 Å². The zero-order valence-electron chi connectivity index (χ0n) is 9.17. The molecule has 1 heterocycles. The predicted molar refractivity (Wildman–Crippen MR) is 63.7 cm³/mol. The van der Waals surface area contributed by atoms with Crippen molar-refractivity contribution >= 4 is 28.7 Å². The molecule has 0 radical (unpaired) electrons. The van der Waals surface area contributed by atoms with Crippen molar-refractivity contribution in [1.29, 1.82) is 0 Å². The highest BCUT2D eigenvalue weighted by Crippen LogP contribution is 2.25.